The van der Waals surface area contributed by atoms with Crippen LogP contribution in [-0.4, -0.2) is 43.6 Å². The number of piperidine rings is 2. The summed E-state index contributed by atoms with van der Waals surface area (Å²) in [4.78, 5) is 14.6. The van der Waals surface area contributed by atoms with Gasteiger partial charge in [-0.2, -0.15) is 0 Å². The number of nitrogens with zero attached hydrogens (tertiary/aromatic N) is 1. The number of carbonyl (C=O) groups is 1. The van der Waals surface area contributed by atoms with Crippen LogP contribution in [0.4, 0.5) is 4.39 Å². The molecule has 2 saturated heterocycles. The van der Waals surface area contributed by atoms with Gasteiger partial charge in [-0.3, -0.25) is 4.79 Å². The predicted octanol–water partition coefficient (Wildman–Crippen LogP) is 3.35. The van der Waals surface area contributed by atoms with E-state index in [4.69, 9.17) is 0 Å². The molecule has 160 valence electrons. The highest BCUT2D eigenvalue weighted by Crippen LogP contribution is 2.44. The predicted molar refractivity (Wildman–Crippen MR) is 115 cm³/mol. The number of sulfonamides is 1. The van der Waals surface area contributed by atoms with E-state index >= 15 is 4.39 Å². The summed E-state index contributed by atoms with van der Waals surface area (Å²) in [5.41, 5.74) is 1.79. The fourth-order valence-corrected chi connectivity index (χ4v) is 5.77. The second-order valence-electron chi connectivity index (χ2n) is 8.37. The Morgan fingerprint density at radius 2 is 1.83 bits per heavy atom. The third-order valence-corrected chi connectivity index (χ3v) is 7.06. The number of amides is 1. The molecule has 5 nitrogen and oxygen atoms in total. The summed E-state index contributed by atoms with van der Waals surface area (Å²) in [7, 11) is -3.46. The topological polar surface area (TPSA) is 66.5 Å². The Labute approximate surface area is 177 Å². The number of carbonyl (C=O) groups excluding carboxylic acids is 1. The van der Waals surface area contributed by atoms with Crippen LogP contribution in [0, 0.1) is 11.7 Å². The number of nitrogens with one attached hydrogen (secondary N) is 1. The van der Waals surface area contributed by atoms with Gasteiger partial charge in [-0.15, -0.1) is 0 Å². The van der Waals surface area contributed by atoms with Gasteiger partial charge in [-0.05, 0) is 36.3 Å². The molecule has 0 radical (unpaired) electrons. The van der Waals surface area contributed by atoms with Crippen molar-refractivity contribution in [2.45, 2.75) is 50.7 Å². The normalized spacial score (nSPS) is 25.6. The fraction of sp³-hybridized carbons (Fsp3) is 0.435. The molecule has 0 aromatic heterocycles. The molecule has 3 fully saturated rings. The van der Waals surface area contributed by atoms with Gasteiger partial charge < -0.3 is 4.90 Å². The Kier molecular flexibility index (Phi) is 5.68. The number of hydrogen-bond donors (Lipinski definition) is 1. The average molecular weight is 431 g/mol. The summed E-state index contributed by atoms with van der Waals surface area (Å²) in [5.74, 6) is -0.149. The zero-order valence-corrected chi connectivity index (χ0v) is 18.0. The smallest absolute Gasteiger partial charge is 0.222 e. The highest BCUT2D eigenvalue weighted by Gasteiger charge is 2.52. The molecule has 7 heteroatoms. The Morgan fingerprint density at radius 1 is 1.13 bits per heavy atom. The summed E-state index contributed by atoms with van der Waals surface area (Å²) in [6, 6.07) is 13.9. The number of rotatable bonds is 6. The van der Waals surface area contributed by atoms with Crippen LogP contribution in [-0.2, 0) is 21.2 Å². The first-order valence-corrected chi connectivity index (χ1v) is 12.3. The fourth-order valence-electron chi connectivity index (χ4n) is 4.93. The first-order chi connectivity index (χ1) is 14.3. The Hall–Kier alpha value is -2.25. The molecule has 0 spiro atoms. The molecule has 1 N–H and O–H groups in total. The molecule has 1 aliphatic carbocycles. The Balaban J connectivity index is 1.70. The molecule has 2 bridgehead atoms. The molecule has 3 aliphatic rings. The molecule has 0 unspecified atom stereocenters. The van der Waals surface area contributed by atoms with Gasteiger partial charge in [0.25, 0.3) is 0 Å². The van der Waals surface area contributed by atoms with E-state index in [1.54, 1.807) is 19.1 Å². The van der Waals surface area contributed by atoms with Crippen molar-refractivity contribution in [2.24, 2.45) is 5.92 Å². The third kappa shape index (κ3) is 4.01. The second kappa shape index (κ2) is 8.12. The van der Waals surface area contributed by atoms with Gasteiger partial charge in [-0.1, -0.05) is 55.5 Å². The minimum Gasteiger partial charge on any atom is -0.335 e. The first-order valence-electron chi connectivity index (χ1n) is 10.4. The standard InChI is InChI=1S/C23H27FN2O3S/c1-3-21(27)26-18-12-17(13-18)23(25-30(2,28)29)20(26)14-16-10-7-11-19(22(16)24)15-8-5-4-6-9-15/h4-11,17-18,20,23,25H,3,12-14H2,1-2H3/t17?,18?,20-,23-/m0/s1. The second-order valence-corrected chi connectivity index (χ2v) is 10.2. The molecule has 2 aromatic carbocycles. The maximum Gasteiger partial charge on any atom is 0.222 e. The van der Waals surface area contributed by atoms with Crippen molar-refractivity contribution in [1.82, 2.24) is 9.62 Å². The highest BCUT2D eigenvalue weighted by atomic mass is 32.2. The summed E-state index contributed by atoms with van der Waals surface area (Å²) in [5, 5.41) is 0. The van der Waals surface area contributed by atoms with E-state index in [2.05, 4.69) is 4.72 Å². The molecular weight excluding hydrogens is 403 g/mol. The minimum absolute atomic E-state index is 0.0110. The molecule has 1 amide bonds. The van der Waals surface area contributed by atoms with Crippen molar-refractivity contribution in [1.29, 1.82) is 0 Å². The molecule has 2 atom stereocenters. The van der Waals surface area contributed by atoms with Gasteiger partial charge in [0.1, 0.15) is 5.82 Å². The van der Waals surface area contributed by atoms with E-state index in [1.807, 2.05) is 41.3 Å². The van der Waals surface area contributed by atoms with E-state index in [0.29, 0.717) is 17.5 Å². The summed E-state index contributed by atoms with van der Waals surface area (Å²) >= 11 is 0. The SMILES string of the molecule is CCC(=O)N1C2CC(C2)[C@H](NS(C)(=O)=O)[C@@H]1Cc1cccc(-c2ccccc2)c1F. The van der Waals surface area contributed by atoms with Crippen LogP contribution in [0.1, 0.15) is 31.7 Å². The number of hydrogen-bond acceptors (Lipinski definition) is 3. The lowest BCUT2D eigenvalue weighted by atomic mass is 9.66. The number of fused-ring (bicyclic) bond motifs is 2. The average Bonchev–Trinajstić information content (AvgIpc) is 2.68. The monoisotopic (exact) mass is 430 g/mol. The van der Waals surface area contributed by atoms with Gasteiger partial charge in [-0.25, -0.2) is 17.5 Å². The van der Waals surface area contributed by atoms with E-state index in [-0.39, 0.29) is 30.1 Å². The Bertz CT molecular complexity index is 1040. The van der Waals surface area contributed by atoms with Crippen molar-refractivity contribution in [3.05, 3.63) is 59.9 Å². The quantitative estimate of drug-likeness (QED) is 0.764. The van der Waals surface area contributed by atoms with E-state index in [9.17, 15) is 13.2 Å². The van der Waals surface area contributed by atoms with Crippen LogP contribution in [0.2, 0.25) is 0 Å². The van der Waals surface area contributed by atoms with Crippen LogP contribution in [0.25, 0.3) is 11.1 Å². The van der Waals surface area contributed by atoms with E-state index in [1.165, 1.54) is 0 Å². The van der Waals surface area contributed by atoms with Crippen molar-refractivity contribution in [2.75, 3.05) is 6.26 Å². The van der Waals surface area contributed by atoms with Crippen LogP contribution in [0.3, 0.4) is 0 Å². The number of halogens is 1. The lowest BCUT2D eigenvalue weighted by Crippen LogP contribution is -2.70. The molecule has 1 saturated carbocycles. The number of benzene rings is 2. The molecule has 2 heterocycles. The zero-order chi connectivity index (χ0) is 21.5. The van der Waals surface area contributed by atoms with Gasteiger partial charge in [0.2, 0.25) is 15.9 Å². The van der Waals surface area contributed by atoms with Crippen LogP contribution in [0.5, 0.6) is 0 Å². The zero-order valence-electron chi connectivity index (χ0n) is 17.2. The van der Waals surface area contributed by atoms with Crippen molar-refractivity contribution < 1.29 is 17.6 Å². The maximum atomic E-state index is 15.5. The molecule has 5 rings (SSSR count). The molecular formula is C23H27FN2O3S. The third-order valence-electron chi connectivity index (χ3n) is 6.36. The largest absolute Gasteiger partial charge is 0.335 e. The van der Waals surface area contributed by atoms with Crippen molar-refractivity contribution in [3.8, 4) is 11.1 Å². The summed E-state index contributed by atoms with van der Waals surface area (Å²) in [6.45, 7) is 1.81. The highest BCUT2D eigenvalue weighted by molar-refractivity contribution is 7.88. The van der Waals surface area contributed by atoms with Gasteiger partial charge in [0.15, 0.2) is 0 Å². The van der Waals surface area contributed by atoms with Crippen molar-refractivity contribution in [3.63, 3.8) is 0 Å². The van der Waals surface area contributed by atoms with E-state index < -0.39 is 22.1 Å². The van der Waals surface area contributed by atoms with Crippen molar-refractivity contribution >= 4 is 15.9 Å². The summed E-state index contributed by atoms with van der Waals surface area (Å²) in [6.07, 6.45) is 3.34. The minimum atomic E-state index is -3.46. The van der Waals surface area contributed by atoms with E-state index in [0.717, 1.165) is 24.7 Å². The van der Waals surface area contributed by atoms with Crippen LogP contribution in [0.15, 0.2) is 48.5 Å². The van der Waals surface area contributed by atoms with Gasteiger partial charge >= 0.3 is 0 Å². The summed E-state index contributed by atoms with van der Waals surface area (Å²) < 4.78 is 42.2. The lowest BCUT2D eigenvalue weighted by Gasteiger charge is -2.58. The molecule has 2 aliphatic heterocycles. The van der Waals surface area contributed by atoms with Crippen LogP contribution < -0.4 is 4.72 Å². The van der Waals surface area contributed by atoms with Gasteiger partial charge in [0, 0.05) is 24.1 Å². The molecule has 30 heavy (non-hydrogen) atoms. The first kappa shape index (κ1) is 21.0. The maximum absolute atomic E-state index is 15.5. The van der Waals surface area contributed by atoms with Gasteiger partial charge in [0.05, 0.1) is 12.3 Å². The van der Waals surface area contributed by atoms with Crippen LogP contribution >= 0.6 is 0 Å². The molecule has 2 aromatic rings. The lowest BCUT2D eigenvalue weighted by molar-refractivity contribution is -0.148. The Morgan fingerprint density at radius 3 is 2.47 bits per heavy atom.